The summed E-state index contributed by atoms with van der Waals surface area (Å²) in [5.74, 6) is 0.509. The third-order valence-corrected chi connectivity index (χ3v) is 2.88. The molecule has 0 aliphatic carbocycles. The van der Waals surface area contributed by atoms with Crippen molar-refractivity contribution in [3.8, 4) is 5.75 Å². The largest absolute Gasteiger partial charge is 0.491 e. The second-order valence-corrected chi connectivity index (χ2v) is 5.17. The molecule has 1 aromatic rings. The highest BCUT2D eigenvalue weighted by Crippen LogP contribution is 2.18. The molecule has 0 aromatic heterocycles. The van der Waals surface area contributed by atoms with Crippen LogP contribution in [0.15, 0.2) is 24.3 Å². The molecule has 0 amide bonds. The number of ether oxygens (including phenoxy) is 1. The highest BCUT2D eigenvalue weighted by molar-refractivity contribution is 5.41. The Balaban J connectivity index is 2.46. The Morgan fingerprint density at radius 2 is 1.81 bits per heavy atom. The summed E-state index contributed by atoms with van der Waals surface area (Å²) in [5.41, 5.74) is 6.10. The summed E-state index contributed by atoms with van der Waals surface area (Å²) >= 11 is 0. The van der Waals surface area contributed by atoms with E-state index in [4.69, 9.17) is 10.5 Å². The predicted molar refractivity (Wildman–Crippen MR) is 75.1 cm³/mol. The van der Waals surface area contributed by atoms with E-state index in [0.29, 0.717) is 11.4 Å². The van der Waals surface area contributed by atoms with Crippen molar-refractivity contribution < 1.29 is 23.0 Å². The van der Waals surface area contributed by atoms with Gasteiger partial charge < -0.3 is 15.6 Å². The first-order valence-corrected chi connectivity index (χ1v) is 6.64. The van der Waals surface area contributed by atoms with Gasteiger partial charge in [-0.1, -0.05) is 0 Å². The highest BCUT2D eigenvalue weighted by atomic mass is 19.4. The smallest absolute Gasteiger partial charge is 0.401 e. The number of hydrogen-bond donors (Lipinski definition) is 2. The number of aliphatic hydroxyl groups is 1. The lowest BCUT2D eigenvalue weighted by Gasteiger charge is -2.29. The third-order valence-electron chi connectivity index (χ3n) is 2.88. The Bertz CT molecular complexity index is 421. The molecule has 0 bridgehead atoms. The molecule has 21 heavy (non-hydrogen) atoms. The van der Waals surface area contributed by atoms with Crippen molar-refractivity contribution >= 4 is 5.69 Å². The second-order valence-electron chi connectivity index (χ2n) is 5.17. The van der Waals surface area contributed by atoms with Gasteiger partial charge >= 0.3 is 6.18 Å². The molecule has 0 aliphatic rings. The van der Waals surface area contributed by atoms with Crippen LogP contribution >= 0.6 is 0 Å². The lowest BCUT2D eigenvalue weighted by atomic mass is 10.2. The maximum Gasteiger partial charge on any atom is 0.401 e. The van der Waals surface area contributed by atoms with Gasteiger partial charge in [-0.15, -0.1) is 0 Å². The first-order valence-electron chi connectivity index (χ1n) is 6.64. The zero-order chi connectivity index (χ0) is 16.0. The number of nitrogen functional groups attached to an aromatic ring is 1. The Morgan fingerprint density at radius 3 is 2.29 bits per heavy atom. The molecule has 1 rings (SSSR count). The molecule has 1 atom stereocenters. The third kappa shape index (κ3) is 7.19. The molecule has 0 spiro atoms. The quantitative estimate of drug-likeness (QED) is 0.759. The zero-order valence-corrected chi connectivity index (χ0v) is 12.1. The number of alkyl halides is 3. The van der Waals surface area contributed by atoms with Crippen molar-refractivity contribution in [3.05, 3.63) is 24.3 Å². The molecule has 0 radical (unpaired) electrons. The summed E-state index contributed by atoms with van der Waals surface area (Å²) in [4.78, 5) is 1.16. The maximum absolute atomic E-state index is 12.4. The number of nitrogens with zero attached hydrogens (tertiary/aromatic N) is 1. The first kappa shape index (κ1) is 17.6. The van der Waals surface area contributed by atoms with Gasteiger partial charge in [0, 0.05) is 18.3 Å². The van der Waals surface area contributed by atoms with Crippen molar-refractivity contribution in [2.75, 3.05) is 25.4 Å². The fraction of sp³-hybridized carbons (Fsp3) is 0.571. The molecule has 3 N–H and O–H groups in total. The van der Waals surface area contributed by atoms with E-state index in [1.165, 1.54) is 0 Å². The number of anilines is 1. The molecule has 7 heteroatoms. The van der Waals surface area contributed by atoms with Crippen LogP contribution in [0.1, 0.15) is 13.8 Å². The van der Waals surface area contributed by atoms with Crippen LogP contribution in [0.4, 0.5) is 18.9 Å². The van der Waals surface area contributed by atoms with E-state index in [-0.39, 0.29) is 19.2 Å². The number of halogens is 3. The van der Waals surface area contributed by atoms with Crippen LogP contribution in [0.3, 0.4) is 0 Å². The summed E-state index contributed by atoms with van der Waals surface area (Å²) in [7, 11) is 0. The predicted octanol–water partition coefficient (Wildman–Crippen LogP) is 2.28. The SMILES string of the molecule is CC(C)N(CC(O)COc1ccc(N)cc1)CC(F)(F)F. The Kier molecular flexibility index (Phi) is 6.29. The van der Waals surface area contributed by atoms with Crippen LogP contribution in [0.25, 0.3) is 0 Å². The lowest BCUT2D eigenvalue weighted by molar-refractivity contribution is -0.152. The van der Waals surface area contributed by atoms with Crippen LogP contribution in [0.2, 0.25) is 0 Å². The number of hydrogen-bond acceptors (Lipinski definition) is 4. The number of aliphatic hydroxyl groups excluding tert-OH is 1. The first-order chi connectivity index (χ1) is 9.67. The van der Waals surface area contributed by atoms with Crippen LogP contribution in [0.5, 0.6) is 5.75 Å². The van der Waals surface area contributed by atoms with E-state index < -0.39 is 18.8 Å². The van der Waals surface area contributed by atoms with Crippen LogP contribution in [-0.2, 0) is 0 Å². The van der Waals surface area contributed by atoms with E-state index in [1.807, 2.05) is 0 Å². The van der Waals surface area contributed by atoms with Gasteiger partial charge in [-0.25, -0.2) is 0 Å². The maximum atomic E-state index is 12.4. The molecule has 1 unspecified atom stereocenters. The normalized spacial score (nSPS) is 13.7. The molecule has 120 valence electrons. The van der Waals surface area contributed by atoms with Gasteiger partial charge in [0.05, 0.1) is 6.54 Å². The van der Waals surface area contributed by atoms with Crippen molar-refractivity contribution in [1.82, 2.24) is 4.90 Å². The van der Waals surface area contributed by atoms with E-state index >= 15 is 0 Å². The molecular weight excluding hydrogens is 285 g/mol. The molecular formula is C14H21F3N2O2. The molecule has 4 nitrogen and oxygen atoms in total. The minimum Gasteiger partial charge on any atom is -0.491 e. The second kappa shape index (κ2) is 7.51. The summed E-state index contributed by atoms with van der Waals surface area (Å²) in [5, 5.41) is 9.82. The van der Waals surface area contributed by atoms with Gasteiger partial charge in [-0.3, -0.25) is 4.90 Å². The van der Waals surface area contributed by atoms with Crippen molar-refractivity contribution in [3.63, 3.8) is 0 Å². The molecule has 1 aromatic carbocycles. The van der Waals surface area contributed by atoms with Crippen LogP contribution in [0, 0.1) is 0 Å². The molecule has 0 heterocycles. The van der Waals surface area contributed by atoms with Gasteiger partial charge in [0.1, 0.15) is 18.5 Å². The van der Waals surface area contributed by atoms with Crippen LogP contribution < -0.4 is 10.5 Å². The van der Waals surface area contributed by atoms with E-state index in [0.717, 1.165) is 4.90 Å². The zero-order valence-electron chi connectivity index (χ0n) is 12.1. The van der Waals surface area contributed by atoms with E-state index in [9.17, 15) is 18.3 Å². The summed E-state index contributed by atoms with van der Waals surface area (Å²) < 4.78 is 42.6. The van der Waals surface area contributed by atoms with Gasteiger partial charge in [-0.05, 0) is 38.1 Å². The van der Waals surface area contributed by atoms with Gasteiger partial charge in [0.25, 0.3) is 0 Å². The van der Waals surface area contributed by atoms with Crippen molar-refractivity contribution in [1.29, 1.82) is 0 Å². The van der Waals surface area contributed by atoms with Gasteiger partial charge in [0.15, 0.2) is 0 Å². The fourth-order valence-corrected chi connectivity index (χ4v) is 1.77. The highest BCUT2D eigenvalue weighted by Gasteiger charge is 2.32. The molecule has 0 saturated heterocycles. The Hall–Kier alpha value is -1.47. The average molecular weight is 306 g/mol. The summed E-state index contributed by atoms with van der Waals surface area (Å²) in [6.45, 7) is 2.07. The topological polar surface area (TPSA) is 58.7 Å². The van der Waals surface area contributed by atoms with Crippen molar-refractivity contribution in [2.24, 2.45) is 0 Å². The summed E-state index contributed by atoms with van der Waals surface area (Å²) in [6, 6.07) is 6.24. The van der Waals surface area contributed by atoms with Gasteiger partial charge in [-0.2, -0.15) is 13.2 Å². The minimum absolute atomic E-state index is 0.0784. The lowest BCUT2D eigenvalue weighted by Crippen LogP contribution is -2.44. The fourth-order valence-electron chi connectivity index (χ4n) is 1.77. The van der Waals surface area contributed by atoms with E-state index in [1.54, 1.807) is 38.1 Å². The van der Waals surface area contributed by atoms with Crippen LogP contribution in [-0.4, -0.2) is 48.0 Å². The number of benzene rings is 1. The molecule has 0 aliphatic heterocycles. The van der Waals surface area contributed by atoms with Crippen molar-refractivity contribution in [2.45, 2.75) is 32.2 Å². The molecule has 0 saturated carbocycles. The Labute approximate surface area is 122 Å². The standard InChI is InChI=1S/C14H21F3N2O2/c1-10(2)19(9-14(15,16)17)7-12(20)8-21-13-5-3-11(18)4-6-13/h3-6,10,12,20H,7-9,18H2,1-2H3. The number of nitrogens with two attached hydrogens (primary N) is 1. The molecule has 0 fully saturated rings. The van der Waals surface area contributed by atoms with Gasteiger partial charge in [0.2, 0.25) is 0 Å². The Morgan fingerprint density at radius 1 is 1.24 bits per heavy atom. The minimum atomic E-state index is -4.29. The number of rotatable bonds is 7. The monoisotopic (exact) mass is 306 g/mol. The average Bonchev–Trinajstić information content (AvgIpc) is 2.35. The summed E-state index contributed by atoms with van der Waals surface area (Å²) in [6.07, 6.45) is -5.30. The van der Waals surface area contributed by atoms with E-state index in [2.05, 4.69) is 0 Å².